The van der Waals surface area contributed by atoms with Crippen molar-refractivity contribution in [1.82, 2.24) is 9.55 Å². The fourth-order valence-corrected chi connectivity index (χ4v) is 2.47. The van der Waals surface area contributed by atoms with Crippen LogP contribution in [0.1, 0.15) is 12.0 Å². The highest BCUT2D eigenvalue weighted by Gasteiger charge is 2.07. The molecule has 0 aliphatic rings. The molecule has 0 amide bonds. The van der Waals surface area contributed by atoms with E-state index in [2.05, 4.69) is 4.98 Å². The number of carbonyl (C=O) groups is 1. The minimum absolute atomic E-state index is 0.198. The summed E-state index contributed by atoms with van der Waals surface area (Å²) in [5.74, 6) is -0.198. The van der Waals surface area contributed by atoms with Crippen LogP contribution in [-0.2, 0) is 22.5 Å². The molecule has 0 spiro atoms. The molecule has 0 atom stereocenters. The van der Waals surface area contributed by atoms with Gasteiger partial charge in [0.15, 0.2) is 0 Å². The molecule has 0 aliphatic carbocycles. The van der Waals surface area contributed by atoms with Crippen LogP contribution in [0.5, 0.6) is 0 Å². The van der Waals surface area contributed by atoms with Crippen molar-refractivity contribution in [3.8, 4) is 0 Å². The molecule has 0 bridgehead atoms. The molecule has 0 fully saturated rings. The SMILES string of the molecule is O=C(Cn1ccc2ccccc21)OCCCc1ccncc1. The fourth-order valence-electron chi connectivity index (χ4n) is 2.47. The number of carbonyl (C=O) groups excluding carboxylic acids is 1. The normalized spacial score (nSPS) is 10.7. The van der Waals surface area contributed by atoms with Crippen molar-refractivity contribution in [3.63, 3.8) is 0 Å². The number of nitrogens with zero attached hydrogens (tertiary/aromatic N) is 2. The zero-order chi connectivity index (χ0) is 15.2. The Balaban J connectivity index is 1.47. The lowest BCUT2D eigenvalue weighted by atomic mass is 10.1. The maximum absolute atomic E-state index is 11.9. The van der Waals surface area contributed by atoms with Crippen molar-refractivity contribution < 1.29 is 9.53 Å². The number of hydrogen-bond donors (Lipinski definition) is 0. The second-order valence-electron chi connectivity index (χ2n) is 5.18. The van der Waals surface area contributed by atoms with Gasteiger partial charge in [0, 0.05) is 24.1 Å². The van der Waals surface area contributed by atoms with Gasteiger partial charge in [-0.15, -0.1) is 0 Å². The third kappa shape index (κ3) is 3.52. The molecule has 4 heteroatoms. The number of aryl methyl sites for hydroxylation is 1. The summed E-state index contributed by atoms with van der Waals surface area (Å²) in [6, 6.07) is 14.0. The Hall–Kier alpha value is -2.62. The molecule has 0 aliphatic heterocycles. The van der Waals surface area contributed by atoms with Crippen LogP contribution in [0, 0.1) is 0 Å². The van der Waals surface area contributed by atoms with Gasteiger partial charge in [-0.2, -0.15) is 0 Å². The van der Waals surface area contributed by atoms with Gasteiger partial charge < -0.3 is 9.30 Å². The molecule has 3 aromatic rings. The first-order valence-electron chi connectivity index (χ1n) is 7.41. The standard InChI is InChI=1S/C18H18N2O2/c21-18(22-13-3-4-15-7-10-19-11-8-15)14-20-12-9-16-5-1-2-6-17(16)20/h1-2,5-12H,3-4,13-14H2. The summed E-state index contributed by atoms with van der Waals surface area (Å²) in [4.78, 5) is 15.9. The minimum atomic E-state index is -0.198. The van der Waals surface area contributed by atoms with Gasteiger partial charge in [0.2, 0.25) is 0 Å². The van der Waals surface area contributed by atoms with Gasteiger partial charge in [-0.25, -0.2) is 0 Å². The molecule has 112 valence electrons. The van der Waals surface area contributed by atoms with Gasteiger partial charge in [0.1, 0.15) is 6.54 Å². The number of para-hydroxylation sites is 1. The molecule has 1 aromatic carbocycles. The third-order valence-corrected chi connectivity index (χ3v) is 3.60. The predicted molar refractivity (Wildman–Crippen MR) is 85.5 cm³/mol. The smallest absolute Gasteiger partial charge is 0.325 e. The highest BCUT2D eigenvalue weighted by molar-refractivity contribution is 5.81. The van der Waals surface area contributed by atoms with Crippen LogP contribution >= 0.6 is 0 Å². The van der Waals surface area contributed by atoms with E-state index in [4.69, 9.17) is 4.74 Å². The highest BCUT2D eigenvalue weighted by Crippen LogP contribution is 2.14. The number of pyridine rings is 1. The van der Waals surface area contributed by atoms with E-state index in [9.17, 15) is 4.79 Å². The van der Waals surface area contributed by atoms with Crippen molar-refractivity contribution in [2.75, 3.05) is 6.61 Å². The molecule has 0 saturated heterocycles. The second-order valence-corrected chi connectivity index (χ2v) is 5.18. The van der Waals surface area contributed by atoms with Crippen molar-refractivity contribution in [2.24, 2.45) is 0 Å². The predicted octanol–water partition coefficient (Wildman–Crippen LogP) is 3.21. The van der Waals surface area contributed by atoms with Crippen LogP contribution < -0.4 is 0 Å². The third-order valence-electron chi connectivity index (χ3n) is 3.60. The number of benzene rings is 1. The largest absolute Gasteiger partial charge is 0.464 e. The topological polar surface area (TPSA) is 44.1 Å². The summed E-state index contributed by atoms with van der Waals surface area (Å²) < 4.78 is 7.23. The Morgan fingerprint density at radius 1 is 1.09 bits per heavy atom. The fraction of sp³-hybridized carbons (Fsp3) is 0.222. The zero-order valence-electron chi connectivity index (χ0n) is 12.3. The number of fused-ring (bicyclic) bond motifs is 1. The maximum atomic E-state index is 11.9. The van der Waals surface area contributed by atoms with Crippen LogP contribution in [0.2, 0.25) is 0 Å². The van der Waals surface area contributed by atoms with Crippen molar-refractivity contribution in [2.45, 2.75) is 19.4 Å². The lowest BCUT2D eigenvalue weighted by molar-refractivity contribution is -0.144. The van der Waals surface area contributed by atoms with E-state index in [0.29, 0.717) is 6.61 Å². The second kappa shape index (κ2) is 6.89. The number of esters is 1. The monoisotopic (exact) mass is 294 g/mol. The van der Waals surface area contributed by atoms with Gasteiger partial charge in [0.05, 0.1) is 6.61 Å². The zero-order valence-corrected chi connectivity index (χ0v) is 12.3. The summed E-state index contributed by atoms with van der Waals surface area (Å²) in [7, 11) is 0. The summed E-state index contributed by atoms with van der Waals surface area (Å²) in [5, 5.41) is 1.13. The number of hydrogen-bond acceptors (Lipinski definition) is 3. The van der Waals surface area contributed by atoms with E-state index in [1.54, 1.807) is 12.4 Å². The van der Waals surface area contributed by atoms with Gasteiger partial charge in [0.25, 0.3) is 0 Å². The van der Waals surface area contributed by atoms with Crippen LogP contribution in [0.3, 0.4) is 0 Å². The maximum Gasteiger partial charge on any atom is 0.325 e. The number of rotatable bonds is 6. The van der Waals surface area contributed by atoms with E-state index in [1.807, 2.05) is 53.2 Å². The molecule has 0 radical (unpaired) electrons. The van der Waals surface area contributed by atoms with Gasteiger partial charge >= 0.3 is 5.97 Å². The molecule has 22 heavy (non-hydrogen) atoms. The lowest BCUT2D eigenvalue weighted by Gasteiger charge is -2.07. The van der Waals surface area contributed by atoms with E-state index < -0.39 is 0 Å². The van der Waals surface area contributed by atoms with Gasteiger partial charge in [-0.05, 0) is 48.1 Å². The average molecular weight is 294 g/mol. The Bertz CT molecular complexity index is 750. The molecular formula is C18H18N2O2. The van der Waals surface area contributed by atoms with E-state index in [-0.39, 0.29) is 12.5 Å². The summed E-state index contributed by atoms with van der Waals surface area (Å²) >= 11 is 0. The van der Waals surface area contributed by atoms with Gasteiger partial charge in [-0.1, -0.05) is 18.2 Å². The van der Waals surface area contributed by atoms with Crippen LogP contribution in [-0.4, -0.2) is 22.1 Å². The first kappa shape index (κ1) is 14.3. The average Bonchev–Trinajstić information content (AvgIpc) is 2.96. The minimum Gasteiger partial charge on any atom is -0.464 e. The van der Waals surface area contributed by atoms with Crippen molar-refractivity contribution >= 4 is 16.9 Å². The van der Waals surface area contributed by atoms with Crippen LogP contribution in [0.4, 0.5) is 0 Å². The Kier molecular flexibility index (Phi) is 4.49. The van der Waals surface area contributed by atoms with E-state index in [0.717, 1.165) is 23.7 Å². The molecular weight excluding hydrogens is 276 g/mol. The summed E-state index contributed by atoms with van der Waals surface area (Å²) in [5.41, 5.74) is 2.26. The van der Waals surface area contributed by atoms with Crippen LogP contribution in [0.15, 0.2) is 61.1 Å². The highest BCUT2D eigenvalue weighted by atomic mass is 16.5. The molecule has 4 nitrogen and oxygen atoms in total. The van der Waals surface area contributed by atoms with Gasteiger partial charge in [-0.3, -0.25) is 9.78 Å². The summed E-state index contributed by atoms with van der Waals surface area (Å²) in [6.45, 7) is 0.698. The molecule has 2 heterocycles. The molecule has 0 N–H and O–H groups in total. The first-order chi connectivity index (χ1) is 10.8. The molecule has 2 aromatic heterocycles. The van der Waals surface area contributed by atoms with Crippen LogP contribution in [0.25, 0.3) is 10.9 Å². The Morgan fingerprint density at radius 2 is 1.91 bits per heavy atom. The van der Waals surface area contributed by atoms with E-state index in [1.165, 1.54) is 5.56 Å². The molecule has 3 rings (SSSR count). The van der Waals surface area contributed by atoms with Crippen molar-refractivity contribution in [3.05, 3.63) is 66.6 Å². The Labute approximate surface area is 129 Å². The first-order valence-corrected chi connectivity index (χ1v) is 7.41. The van der Waals surface area contributed by atoms with E-state index >= 15 is 0 Å². The summed E-state index contributed by atoms with van der Waals surface area (Å²) in [6.07, 6.45) is 7.18. The lowest BCUT2D eigenvalue weighted by Crippen LogP contribution is -2.13. The molecule has 0 saturated carbocycles. The molecule has 0 unspecified atom stereocenters. The Morgan fingerprint density at radius 3 is 2.77 bits per heavy atom. The quantitative estimate of drug-likeness (QED) is 0.518. The number of aromatic nitrogens is 2. The number of ether oxygens (including phenoxy) is 1. The van der Waals surface area contributed by atoms with Crippen molar-refractivity contribution in [1.29, 1.82) is 0 Å².